The van der Waals surface area contributed by atoms with Gasteiger partial charge in [0.1, 0.15) is 11.5 Å². The zero-order chi connectivity index (χ0) is 19.2. The van der Waals surface area contributed by atoms with Gasteiger partial charge in [0.25, 0.3) is 0 Å². The first kappa shape index (κ1) is 19.0. The average Bonchev–Trinajstić information content (AvgIpc) is 2.68. The van der Waals surface area contributed by atoms with E-state index in [0.717, 1.165) is 43.2 Å². The highest BCUT2D eigenvalue weighted by Crippen LogP contribution is 2.30. The Labute approximate surface area is 159 Å². The van der Waals surface area contributed by atoms with E-state index in [0.29, 0.717) is 11.8 Å². The SMILES string of the molecule is COc1ccccc1N1CCN(Cc2ccccc2OCC(=O)O)[C@H](C)C1. The number of benzene rings is 2. The largest absolute Gasteiger partial charge is 0.495 e. The normalized spacial score (nSPS) is 17.6. The van der Waals surface area contributed by atoms with E-state index in [1.807, 2.05) is 42.5 Å². The number of nitrogens with zero attached hydrogens (tertiary/aromatic N) is 2. The minimum Gasteiger partial charge on any atom is -0.495 e. The molecule has 6 heteroatoms. The van der Waals surface area contributed by atoms with Gasteiger partial charge in [-0.1, -0.05) is 30.3 Å². The Kier molecular flexibility index (Phi) is 6.19. The Hall–Kier alpha value is -2.73. The summed E-state index contributed by atoms with van der Waals surface area (Å²) in [4.78, 5) is 15.5. The van der Waals surface area contributed by atoms with E-state index in [4.69, 9.17) is 14.6 Å². The lowest BCUT2D eigenvalue weighted by atomic mass is 10.1. The minimum atomic E-state index is -0.969. The van der Waals surface area contributed by atoms with Gasteiger partial charge in [0, 0.05) is 37.8 Å². The van der Waals surface area contributed by atoms with E-state index in [1.54, 1.807) is 7.11 Å². The maximum absolute atomic E-state index is 10.8. The van der Waals surface area contributed by atoms with E-state index < -0.39 is 5.97 Å². The third-order valence-corrected chi connectivity index (χ3v) is 4.89. The topological polar surface area (TPSA) is 62.2 Å². The number of aliphatic carboxylic acids is 1. The van der Waals surface area contributed by atoms with Gasteiger partial charge in [0.05, 0.1) is 12.8 Å². The molecule has 144 valence electrons. The van der Waals surface area contributed by atoms with Gasteiger partial charge in [-0.05, 0) is 25.1 Å². The van der Waals surface area contributed by atoms with Crippen molar-refractivity contribution in [1.29, 1.82) is 0 Å². The smallest absolute Gasteiger partial charge is 0.341 e. The first-order chi connectivity index (χ1) is 13.1. The zero-order valence-electron chi connectivity index (χ0n) is 15.8. The molecule has 1 N–H and O–H groups in total. The highest BCUT2D eigenvalue weighted by Gasteiger charge is 2.26. The zero-order valence-corrected chi connectivity index (χ0v) is 15.8. The molecule has 0 amide bonds. The molecule has 0 spiro atoms. The van der Waals surface area contributed by atoms with Gasteiger partial charge >= 0.3 is 5.97 Å². The fourth-order valence-corrected chi connectivity index (χ4v) is 3.47. The van der Waals surface area contributed by atoms with Gasteiger partial charge in [0.15, 0.2) is 6.61 Å². The minimum absolute atomic E-state index is 0.325. The second-order valence-electron chi connectivity index (χ2n) is 6.73. The summed E-state index contributed by atoms with van der Waals surface area (Å²) < 4.78 is 10.9. The quantitative estimate of drug-likeness (QED) is 0.809. The van der Waals surface area contributed by atoms with Crippen LogP contribution >= 0.6 is 0 Å². The molecule has 6 nitrogen and oxygen atoms in total. The van der Waals surface area contributed by atoms with Crippen molar-refractivity contribution in [3.63, 3.8) is 0 Å². The number of ether oxygens (including phenoxy) is 2. The molecule has 0 bridgehead atoms. The fourth-order valence-electron chi connectivity index (χ4n) is 3.47. The number of carboxylic acid groups (broad SMARTS) is 1. The highest BCUT2D eigenvalue weighted by atomic mass is 16.5. The molecular formula is C21H26N2O4. The van der Waals surface area contributed by atoms with Crippen molar-refractivity contribution in [2.45, 2.75) is 19.5 Å². The van der Waals surface area contributed by atoms with Crippen LogP contribution in [0.4, 0.5) is 5.69 Å². The van der Waals surface area contributed by atoms with Crippen LogP contribution in [0.2, 0.25) is 0 Å². The Morgan fingerprint density at radius 3 is 2.52 bits per heavy atom. The Balaban J connectivity index is 1.67. The van der Waals surface area contributed by atoms with Crippen LogP contribution in [0, 0.1) is 0 Å². The lowest BCUT2D eigenvalue weighted by molar-refractivity contribution is -0.139. The standard InChI is InChI=1S/C21H26N2O4/c1-16-13-23(18-8-4-6-10-20(18)26-2)12-11-22(16)14-17-7-3-5-9-19(17)27-15-21(24)25/h3-10,16H,11-15H2,1-2H3,(H,24,25)/t16-/m1/s1. The number of rotatable bonds is 7. The van der Waals surface area contributed by atoms with Crippen LogP contribution in [-0.4, -0.2) is 55.4 Å². The lowest BCUT2D eigenvalue weighted by Gasteiger charge is -2.41. The molecule has 1 saturated heterocycles. The van der Waals surface area contributed by atoms with E-state index in [2.05, 4.69) is 22.8 Å². The molecule has 0 aliphatic carbocycles. The van der Waals surface area contributed by atoms with Gasteiger partial charge in [-0.2, -0.15) is 0 Å². The summed E-state index contributed by atoms with van der Waals surface area (Å²) in [5.41, 5.74) is 2.13. The van der Waals surface area contributed by atoms with Gasteiger partial charge in [0.2, 0.25) is 0 Å². The second kappa shape index (κ2) is 8.77. The van der Waals surface area contributed by atoms with Gasteiger partial charge in [-0.3, -0.25) is 4.90 Å². The molecule has 1 heterocycles. The fraction of sp³-hybridized carbons (Fsp3) is 0.381. The molecule has 3 rings (SSSR count). The first-order valence-electron chi connectivity index (χ1n) is 9.13. The van der Waals surface area contributed by atoms with Crippen molar-refractivity contribution in [1.82, 2.24) is 4.90 Å². The van der Waals surface area contributed by atoms with Gasteiger partial charge in [-0.15, -0.1) is 0 Å². The lowest BCUT2D eigenvalue weighted by Crippen LogP contribution is -2.51. The monoisotopic (exact) mass is 370 g/mol. The number of anilines is 1. The molecule has 1 atom stereocenters. The predicted octanol–water partition coefficient (Wildman–Crippen LogP) is 2.87. The number of piperazine rings is 1. The summed E-state index contributed by atoms with van der Waals surface area (Å²) in [6, 6.07) is 16.1. The molecule has 0 unspecified atom stereocenters. The summed E-state index contributed by atoms with van der Waals surface area (Å²) in [5, 5.41) is 8.86. The second-order valence-corrected chi connectivity index (χ2v) is 6.73. The summed E-state index contributed by atoms with van der Waals surface area (Å²) in [6.45, 7) is 5.33. The summed E-state index contributed by atoms with van der Waals surface area (Å²) in [6.07, 6.45) is 0. The molecule has 0 radical (unpaired) electrons. The molecular weight excluding hydrogens is 344 g/mol. The molecule has 27 heavy (non-hydrogen) atoms. The Bertz CT molecular complexity index is 780. The van der Waals surface area contributed by atoms with Crippen molar-refractivity contribution in [2.24, 2.45) is 0 Å². The third-order valence-electron chi connectivity index (χ3n) is 4.89. The van der Waals surface area contributed by atoms with Gasteiger partial charge in [-0.25, -0.2) is 4.79 Å². The van der Waals surface area contributed by atoms with Crippen molar-refractivity contribution in [3.05, 3.63) is 54.1 Å². The number of carbonyl (C=O) groups is 1. The summed E-state index contributed by atoms with van der Waals surface area (Å²) in [7, 11) is 1.70. The number of para-hydroxylation sites is 3. The maximum Gasteiger partial charge on any atom is 0.341 e. The summed E-state index contributed by atoms with van der Waals surface area (Å²) in [5.74, 6) is 0.563. The molecule has 1 fully saturated rings. The van der Waals surface area contributed by atoms with Crippen LogP contribution in [0.1, 0.15) is 12.5 Å². The summed E-state index contributed by atoms with van der Waals surface area (Å²) >= 11 is 0. The van der Waals surface area contributed by atoms with Crippen molar-refractivity contribution in [3.8, 4) is 11.5 Å². The predicted molar refractivity (Wildman–Crippen MR) is 105 cm³/mol. The first-order valence-corrected chi connectivity index (χ1v) is 9.13. The van der Waals surface area contributed by atoms with E-state index in [1.165, 1.54) is 0 Å². The van der Waals surface area contributed by atoms with Crippen LogP contribution in [0.15, 0.2) is 48.5 Å². The van der Waals surface area contributed by atoms with Crippen LogP contribution in [-0.2, 0) is 11.3 Å². The van der Waals surface area contributed by atoms with E-state index in [-0.39, 0.29) is 6.61 Å². The number of hydrogen-bond acceptors (Lipinski definition) is 5. The number of hydrogen-bond donors (Lipinski definition) is 1. The van der Waals surface area contributed by atoms with Crippen LogP contribution < -0.4 is 14.4 Å². The van der Waals surface area contributed by atoms with Crippen LogP contribution in [0.25, 0.3) is 0 Å². The molecule has 2 aromatic carbocycles. The third kappa shape index (κ3) is 4.71. The van der Waals surface area contributed by atoms with E-state index in [9.17, 15) is 4.79 Å². The van der Waals surface area contributed by atoms with Gasteiger partial charge < -0.3 is 19.5 Å². The van der Waals surface area contributed by atoms with Crippen molar-refractivity contribution < 1.29 is 19.4 Å². The van der Waals surface area contributed by atoms with E-state index >= 15 is 0 Å². The van der Waals surface area contributed by atoms with Crippen molar-refractivity contribution >= 4 is 11.7 Å². The van der Waals surface area contributed by atoms with Crippen molar-refractivity contribution in [2.75, 3.05) is 38.3 Å². The number of methoxy groups -OCH3 is 1. The molecule has 1 aliphatic heterocycles. The Morgan fingerprint density at radius 2 is 1.81 bits per heavy atom. The molecule has 0 saturated carbocycles. The maximum atomic E-state index is 10.8. The van der Waals surface area contributed by atoms with Crippen LogP contribution in [0.3, 0.4) is 0 Å². The molecule has 2 aromatic rings. The molecule has 0 aromatic heterocycles. The highest BCUT2D eigenvalue weighted by molar-refractivity contribution is 5.68. The Morgan fingerprint density at radius 1 is 1.11 bits per heavy atom. The molecule has 1 aliphatic rings. The average molecular weight is 370 g/mol. The number of carboxylic acids is 1. The van der Waals surface area contributed by atoms with Crippen LogP contribution in [0.5, 0.6) is 11.5 Å².